The SMILES string of the molecule is Cl.O=C(OCc1cccnc1)c1ccc(-c2ccccc2Cl)cc1. The second-order valence-electron chi connectivity index (χ2n) is 4.99. The molecule has 0 bridgehead atoms. The highest BCUT2D eigenvalue weighted by Crippen LogP contribution is 2.27. The van der Waals surface area contributed by atoms with Gasteiger partial charge in [0, 0.05) is 28.5 Å². The van der Waals surface area contributed by atoms with Gasteiger partial charge in [0.05, 0.1) is 5.56 Å². The van der Waals surface area contributed by atoms with Gasteiger partial charge in [0.1, 0.15) is 6.61 Å². The zero-order valence-electron chi connectivity index (χ0n) is 12.7. The molecule has 122 valence electrons. The van der Waals surface area contributed by atoms with Crippen LogP contribution < -0.4 is 0 Å². The summed E-state index contributed by atoms with van der Waals surface area (Å²) in [6.45, 7) is 0.207. The molecule has 0 N–H and O–H groups in total. The first-order valence-corrected chi connectivity index (χ1v) is 7.53. The molecule has 0 unspecified atom stereocenters. The molecule has 0 aliphatic carbocycles. The van der Waals surface area contributed by atoms with Crippen LogP contribution in [0, 0.1) is 0 Å². The molecule has 0 spiro atoms. The topological polar surface area (TPSA) is 39.2 Å². The average Bonchev–Trinajstić information content (AvgIpc) is 2.61. The van der Waals surface area contributed by atoms with Crippen LogP contribution in [-0.4, -0.2) is 11.0 Å². The first kappa shape index (κ1) is 18.0. The van der Waals surface area contributed by atoms with Crippen molar-refractivity contribution in [2.45, 2.75) is 6.61 Å². The van der Waals surface area contributed by atoms with E-state index >= 15 is 0 Å². The van der Waals surface area contributed by atoms with Crippen LogP contribution in [0.1, 0.15) is 15.9 Å². The van der Waals surface area contributed by atoms with E-state index in [-0.39, 0.29) is 25.0 Å². The van der Waals surface area contributed by atoms with Crippen molar-refractivity contribution >= 4 is 30.0 Å². The van der Waals surface area contributed by atoms with Gasteiger partial charge in [-0.1, -0.05) is 48.0 Å². The lowest BCUT2D eigenvalue weighted by Gasteiger charge is -2.07. The van der Waals surface area contributed by atoms with Crippen molar-refractivity contribution in [1.29, 1.82) is 0 Å². The van der Waals surface area contributed by atoms with E-state index in [1.165, 1.54) is 0 Å². The van der Waals surface area contributed by atoms with Crippen molar-refractivity contribution < 1.29 is 9.53 Å². The van der Waals surface area contributed by atoms with Gasteiger partial charge in [-0.15, -0.1) is 12.4 Å². The lowest BCUT2D eigenvalue weighted by atomic mass is 10.0. The van der Waals surface area contributed by atoms with E-state index in [9.17, 15) is 4.79 Å². The standard InChI is InChI=1S/C19H14ClNO2.ClH/c20-18-6-2-1-5-17(18)15-7-9-16(10-8-15)19(22)23-13-14-4-3-11-21-12-14;/h1-12H,13H2;1H. The fraction of sp³-hybridized carbons (Fsp3) is 0.0526. The highest BCUT2D eigenvalue weighted by atomic mass is 35.5. The minimum Gasteiger partial charge on any atom is -0.457 e. The zero-order chi connectivity index (χ0) is 16.1. The predicted molar refractivity (Wildman–Crippen MR) is 97.5 cm³/mol. The Morgan fingerprint density at radius 3 is 2.42 bits per heavy atom. The first-order valence-electron chi connectivity index (χ1n) is 7.15. The van der Waals surface area contributed by atoms with Gasteiger partial charge >= 0.3 is 5.97 Å². The molecule has 0 amide bonds. The van der Waals surface area contributed by atoms with Crippen molar-refractivity contribution in [3.63, 3.8) is 0 Å². The maximum absolute atomic E-state index is 12.1. The molecule has 0 aliphatic heterocycles. The van der Waals surface area contributed by atoms with Gasteiger partial charge in [-0.2, -0.15) is 0 Å². The summed E-state index contributed by atoms with van der Waals surface area (Å²) >= 11 is 6.18. The molecule has 0 fully saturated rings. The van der Waals surface area contributed by atoms with E-state index in [4.69, 9.17) is 16.3 Å². The van der Waals surface area contributed by atoms with E-state index in [0.717, 1.165) is 16.7 Å². The van der Waals surface area contributed by atoms with E-state index in [0.29, 0.717) is 10.6 Å². The Hall–Kier alpha value is -2.36. The van der Waals surface area contributed by atoms with Gasteiger partial charge in [-0.25, -0.2) is 4.79 Å². The third-order valence-corrected chi connectivity index (χ3v) is 3.73. The summed E-state index contributed by atoms with van der Waals surface area (Å²) in [5, 5.41) is 0.680. The van der Waals surface area contributed by atoms with E-state index < -0.39 is 0 Å². The molecule has 0 radical (unpaired) electrons. The van der Waals surface area contributed by atoms with Crippen LogP contribution in [0.15, 0.2) is 73.1 Å². The molecule has 1 heterocycles. The number of rotatable bonds is 4. The van der Waals surface area contributed by atoms with Gasteiger partial charge in [-0.3, -0.25) is 4.98 Å². The smallest absolute Gasteiger partial charge is 0.338 e. The molecule has 0 saturated heterocycles. The van der Waals surface area contributed by atoms with Crippen LogP contribution in [0.5, 0.6) is 0 Å². The molecular weight excluding hydrogens is 345 g/mol. The summed E-state index contributed by atoms with van der Waals surface area (Å²) in [6, 6.07) is 18.5. The lowest BCUT2D eigenvalue weighted by Crippen LogP contribution is -2.05. The number of pyridine rings is 1. The van der Waals surface area contributed by atoms with Crippen LogP contribution in [0.2, 0.25) is 5.02 Å². The molecule has 2 aromatic carbocycles. The molecule has 3 aromatic rings. The van der Waals surface area contributed by atoms with Gasteiger partial charge in [0.25, 0.3) is 0 Å². The van der Waals surface area contributed by atoms with E-state index in [1.54, 1.807) is 24.5 Å². The zero-order valence-corrected chi connectivity index (χ0v) is 14.3. The molecular formula is C19H15Cl2NO2. The van der Waals surface area contributed by atoms with Crippen LogP contribution in [0.25, 0.3) is 11.1 Å². The quantitative estimate of drug-likeness (QED) is 0.602. The first-order chi connectivity index (χ1) is 11.2. The molecule has 1 aromatic heterocycles. The number of carbonyl (C=O) groups excluding carboxylic acids is 1. The molecule has 24 heavy (non-hydrogen) atoms. The fourth-order valence-corrected chi connectivity index (χ4v) is 2.44. The fourth-order valence-electron chi connectivity index (χ4n) is 2.20. The van der Waals surface area contributed by atoms with Crippen molar-refractivity contribution in [3.8, 4) is 11.1 Å². The number of esters is 1. The van der Waals surface area contributed by atoms with Gasteiger partial charge < -0.3 is 4.74 Å². The monoisotopic (exact) mass is 359 g/mol. The number of halogens is 2. The second-order valence-corrected chi connectivity index (χ2v) is 5.40. The van der Waals surface area contributed by atoms with Crippen LogP contribution >= 0.6 is 24.0 Å². The normalized spacial score (nSPS) is 9.88. The number of nitrogens with zero attached hydrogens (tertiary/aromatic N) is 1. The summed E-state index contributed by atoms with van der Waals surface area (Å²) in [4.78, 5) is 16.0. The Balaban J connectivity index is 0.00000208. The number of benzene rings is 2. The van der Waals surface area contributed by atoms with Gasteiger partial charge in [0.2, 0.25) is 0 Å². The van der Waals surface area contributed by atoms with Crippen LogP contribution in [0.4, 0.5) is 0 Å². The Morgan fingerprint density at radius 2 is 1.75 bits per heavy atom. The maximum Gasteiger partial charge on any atom is 0.338 e. The second kappa shape index (κ2) is 8.48. The average molecular weight is 360 g/mol. The van der Waals surface area contributed by atoms with Gasteiger partial charge in [0.15, 0.2) is 0 Å². The third-order valence-electron chi connectivity index (χ3n) is 3.40. The van der Waals surface area contributed by atoms with Crippen LogP contribution in [0.3, 0.4) is 0 Å². The Bertz CT molecular complexity index is 805. The summed E-state index contributed by atoms with van der Waals surface area (Å²) in [6.07, 6.45) is 3.35. The third kappa shape index (κ3) is 4.34. The number of aromatic nitrogens is 1. The number of hydrogen-bond donors (Lipinski definition) is 0. The molecule has 0 saturated carbocycles. The Morgan fingerprint density at radius 1 is 1.00 bits per heavy atom. The van der Waals surface area contributed by atoms with E-state index in [2.05, 4.69) is 4.98 Å². The minimum absolute atomic E-state index is 0. The number of ether oxygens (including phenoxy) is 1. The molecule has 3 rings (SSSR count). The van der Waals surface area contributed by atoms with Gasteiger partial charge in [-0.05, 0) is 29.8 Å². The highest BCUT2D eigenvalue weighted by Gasteiger charge is 2.09. The lowest BCUT2D eigenvalue weighted by molar-refractivity contribution is 0.0472. The summed E-state index contributed by atoms with van der Waals surface area (Å²) in [7, 11) is 0. The van der Waals surface area contributed by atoms with Crippen molar-refractivity contribution in [2.75, 3.05) is 0 Å². The van der Waals surface area contributed by atoms with Crippen molar-refractivity contribution in [1.82, 2.24) is 4.98 Å². The molecule has 5 heteroatoms. The summed E-state index contributed by atoms with van der Waals surface area (Å²) < 4.78 is 5.28. The molecule has 0 aliphatic rings. The summed E-state index contributed by atoms with van der Waals surface area (Å²) in [5.41, 5.74) is 3.25. The number of hydrogen-bond acceptors (Lipinski definition) is 3. The van der Waals surface area contributed by atoms with Crippen molar-refractivity contribution in [3.05, 3.63) is 89.2 Å². The predicted octanol–water partition coefficient (Wildman–Crippen LogP) is 5.18. The van der Waals surface area contributed by atoms with Crippen LogP contribution in [-0.2, 0) is 11.3 Å². The number of carbonyl (C=O) groups is 1. The largest absolute Gasteiger partial charge is 0.457 e. The Kier molecular flexibility index (Phi) is 6.36. The Labute approximate surface area is 151 Å². The van der Waals surface area contributed by atoms with E-state index in [1.807, 2.05) is 48.5 Å². The molecule has 3 nitrogen and oxygen atoms in total. The highest BCUT2D eigenvalue weighted by molar-refractivity contribution is 6.33. The minimum atomic E-state index is -0.362. The summed E-state index contributed by atoms with van der Waals surface area (Å²) in [5.74, 6) is -0.362. The molecule has 0 atom stereocenters. The van der Waals surface area contributed by atoms with Crippen molar-refractivity contribution in [2.24, 2.45) is 0 Å². The maximum atomic E-state index is 12.1.